The first-order valence-electron chi connectivity index (χ1n) is 4.30. The van der Waals surface area contributed by atoms with E-state index in [1.807, 2.05) is 0 Å². The van der Waals surface area contributed by atoms with Gasteiger partial charge in [0.1, 0.15) is 4.75 Å². The maximum Gasteiger partial charge on any atom is 0.331 e. The van der Waals surface area contributed by atoms with E-state index < -0.39 is 26.8 Å². The van der Waals surface area contributed by atoms with E-state index in [-0.39, 0.29) is 5.57 Å². The largest absolute Gasteiger partial charge is 0.478 e. The van der Waals surface area contributed by atoms with E-state index in [0.29, 0.717) is 0 Å². The van der Waals surface area contributed by atoms with Crippen LogP contribution in [0, 0.1) is 5.92 Å². The summed E-state index contributed by atoms with van der Waals surface area (Å²) in [6, 6.07) is 0. The molecule has 0 saturated carbocycles. The third-order valence-corrected chi connectivity index (χ3v) is 4.43. The van der Waals surface area contributed by atoms with Gasteiger partial charge in [0.15, 0.2) is 0 Å². The average Bonchev–Trinajstić information content (AvgIpc) is 2.07. The molecule has 0 aromatic heterocycles. The Bertz CT molecular complexity index is 445. The first-order chi connectivity index (χ1) is 6.70. The molecule has 1 rings (SSSR count). The summed E-state index contributed by atoms with van der Waals surface area (Å²) in [5.41, 5.74) is -0.0300. The molecule has 0 fully saturated rings. The number of carboxylic acid groups (broad SMARTS) is 1. The molecule has 2 unspecified atom stereocenters. The minimum absolute atomic E-state index is 0.0300. The van der Waals surface area contributed by atoms with Gasteiger partial charge in [-0.25, -0.2) is 4.79 Å². The van der Waals surface area contributed by atoms with Crippen LogP contribution in [-0.2, 0) is 14.9 Å². The van der Waals surface area contributed by atoms with Gasteiger partial charge < -0.3 is 5.11 Å². The smallest absolute Gasteiger partial charge is 0.331 e. The number of carboxylic acids is 1. The Hall–Kier alpha value is -1.14. The Balaban J connectivity index is 3.27. The first kappa shape index (κ1) is 11.9. The van der Waals surface area contributed by atoms with E-state index in [1.54, 1.807) is 0 Å². The fourth-order valence-corrected chi connectivity index (χ4v) is 2.33. The van der Waals surface area contributed by atoms with Crippen molar-refractivity contribution in [2.45, 2.75) is 18.6 Å². The molecule has 0 radical (unpaired) electrons. The minimum atomic E-state index is -4.33. The summed E-state index contributed by atoms with van der Waals surface area (Å²) in [5.74, 6) is -1.98. The quantitative estimate of drug-likeness (QED) is 0.688. The standard InChI is InChI=1S/C9H12O5S/c1-6-7(8(10)11)4-3-5-9(6,2)15(12,13)14/h3-6H,1-2H3,(H,10,11)(H,12,13,14). The summed E-state index contributed by atoms with van der Waals surface area (Å²) >= 11 is 0. The van der Waals surface area contributed by atoms with Gasteiger partial charge >= 0.3 is 5.97 Å². The third-order valence-electron chi connectivity index (χ3n) is 2.83. The van der Waals surface area contributed by atoms with Gasteiger partial charge in [-0.1, -0.05) is 25.2 Å². The molecule has 6 heteroatoms. The highest BCUT2D eigenvalue weighted by Gasteiger charge is 2.45. The normalized spacial score (nSPS) is 31.1. The fourth-order valence-electron chi connectivity index (χ4n) is 1.51. The predicted molar refractivity (Wildman–Crippen MR) is 54.0 cm³/mol. The first-order valence-corrected chi connectivity index (χ1v) is 5.74. The van der Waals surface area contributed by atoms with E-state index in [2.05, 4.69) is 0 Å². The molecule has 0 aromatic rings. The second kappa shape index (κ2) is 3.46. The lowest BCUT2D eigenvalue weighted by Crippen LogP contribution is -2.42. The van der Waals surface area contributed by atoms with Gasteiger partial charge in [-0.05, 0) is 6.92 Å². The van der Waals surface area contributed by atoms with Gasteiger partial charge in [0, 0.05) is 11.5 Å². The van der Waals surface area contributed by atoms with Crippen LogP contribution >= 0.6 is 0 Å². The molecule has 15 heavy (non-hydrogen) atoms. The molecule has 0 spiro atoms. The number of rotatable bonds is 2. The van der Waals surface area contributed by atoms with Gasteiger partial charge in [-0.15, -0.1) is 0 Å². The van der Waals surface area contributed by atoms with Crippen LogP contribution in [0.15, 0.2) is 23.8 Å². The second-order valence-electron chi connectivity index (χ2n) is 3.67. The molecular formula is C9H12O5S. The summed E-state index contributed by atoms with van der Waals surface area (Å²) in [7, 11) is -4.33. The molecule has 1 aliphatic carbocycles. The molecule has 0 aromatic carbocycles. The van der Waals surface area contributed by atoms with Crippen LogP contribution in [-0.4, -0.2) is 28.8 Å². The van der Waals surface area contributed by atoms with Crippen molar-refractivity contribution in [3.05, 3.63) is 23.8 Å². The fraction of sp³-hybridized carbons (Fsp3) is 0.444. The molecule has 0 saturated heterocycles. The van der Waals surface area contributed by atoms with E-state index in [4.69, 9.17) is 9.66 Å². The molecule has 84 valence electrons. The van der Waals surface area contributed by atoms with E-state index in [9.17, 15) is 13.2 Å². The van der Waals surface area contributed by atoms with Crippen molar-refractivity contribution in [2.24, 2.45) is 5.92 Å². The molecule has 0 amide bonds. The third kappa shape index (κ3) is 1.82. The van der Waals surface area contributed by atoms with E-state index >= 15 is 0 Å². The molecule has 0 bridgehead atoms. The Morgan fingerprint density at radius 2 is 2.07 bits per heavy atom. The van der Waals surface area contributed by atoms with Gasteiger partial charge in [0.25, 0.3) is 10.1 Å². The Morgan fingerprint density at radius 1 is 1.53 bits per heavy atom. The van der Waals surface area contributed by atoms with Crippen molar-refractivity contribution in [3.63, 3.8) is 0 Å². The maximum atomic E-state index is 11.2. The molecule has 0 heterocycles. The van der Waals surface area contributed by atoms with Crippen LogP contribution in [0.2, 0.25) is 0 Å². The van der Waals surface area contributed by atoms with Gasteiger partial charge in [-0.2, -0.15) is 8.42 Å². The highest BCUT2D eigenvalue weighted by atomic mass is 32.2. The summed E-state index contributed by atoms with van der Waals surface area (Å²) in [5, 5.41) is 8.83. The maximum absolute atomic E-state index is 11.2. The van der Waals surface area contributed by atoms with Crippen molar-refractivity contribution in [3.8, 4) is 0 Å². The van der Waals surface area contributed by atoms with Gasteiger partial charge in [0.05, 0.1) is 0 Å². The van der Waals surface area contributed by atoms with E-state index in [0.717, 1.165) is 0 Å². The zero-order valence-electron chi connectivity index (χ0n) is 8.34. The summed E-state index contributed by atoms with van der Waals surface area (Å²) < 4.78 is 29.8. The average molecular weight is 232 g/mol. The van der Waals surface area contributed by atoms with Crippen LogP contribution in [0.4, 0.5) is 0 Å². The number of allylic oxidation sites excluding steroid dienone is 2. The number of hydrogen-bond donors (Lipinski definition) is 2. The lowest BCUT2D eigenvalue weighted by atomic mass is 9.84. The van der Waals surface area contributed by atoms with Crippen LogP contribution in [0.5, 0.6) is 0 Å². The Morgan fingerprint density at radius 3 is 2.47 bits per heavy atom. The SMILES string of the molecule is CC1C(C(=O)O)=CC=CC1(C)S(=O)(=O)O. The van der Waals surface area contributed by atoms with Crippen LogP contribution in [0.25, 0.3) is 0 Å². The highest BCUT2D eigenvalue weighted by Crippen LogP contribution is 2.35. The van der Waals surface area contributed by atoms with Gasteiger partial charge in [-0.3, -0.25) is 4.55 Å². The Labute approximate surface area is 87.9 Å². The van der Waals surface area contributed by atoms with Crippen molar-refractivity contribution in [1.29, 1.82) is 0 Å². The topological polar surface area (TPSA) is 91.7 Å². The Kier molecular flexibility index (Phi) is 2.75. The molecule has 5 nitrogen and oxygen atoms in total. The monoisotopic (exact) mass is 232 g/mol. The van der Waals surface area contributed by atoms with Crippen molar-refractivity contribution >= 4 is 16.1 Å². The molecule has 1 aliphatic rings. The lowest BCUT2D eigenvalue weighted by molar-refractivity contribution is -0.133. The molecule has 2 atom stereocenters. The molecule has 2 N–H and O–H groups in total. The summed E-state index contributed by atoms with van der Waals surface area (Å²) in [6.07, 6.45) is 3.95. The molecular weight excluding hydrogens is 220 g/mol. The molecule has 0 aliphatic heterocycles. The lowest BCUT2D eigenvalue weighted by Gasteiger charge is -2.31. The summed E-state index contributed by atoms with van der Waals surface area (Å²) in [6.45, 7) is 2.75. The number of aliphatic carboxylic acids is 1. The van der Waals surface area contributed by atoms with E-state index in [1.165, 1.54) is 32.1 Å². The zero-order valence-corrected chi connectivity index (χ0v) is 9.15. The highest BCUT2D eigenvalue weighted by molar-refractivity contribution is 7.87. The van der Waals surface area contributed by atoms with Gasteiger partial charge in [0.2, 0.25) is 0 Å². The zero-order chi connectivity index (χ0) is 11.9. The van der Waals surface area contributed by atoms with Crippen LogP contribution < -0.4 is 0 Å². The summed E-state index contributed by atoms with van der Waals surface area (Å²) in [4.78, 5) is 10.8. The van der Waals surface area contributed by atoms with Crippen LogP contribution in [0.3, 0.4) is 0 Å². The number of hydrogen-bond acceptors (Lipinski definition) is 3. The minimum Gasteiger partial charge on any atom is -0.478 e. The van der Waals surface area contributed by atoms with Crippen molar-refractivity contribution < 1.29 is 22.9 Å². The van der Waals surface area contributed by atoms with Crippen molar-refractivity contribution in [2.75, 3.05) is 0 Å². The number of carbonyl (C=O) groups is 1. The predicted octanol–water partition coefficient (Wildman–Crippen LogP) is 0.850. The second-order valence-corrected chi connectivity index (χ2v) is 5.50. The van der Waals surface area contributed by atoms with Crippen molar-refractivity contribution in [1.82, 2.24) is 0 Å². The van der Waals surface area contributed by atoms with Crippen LogP contribution in [0.1, 0.15) is 13.8 Å².